The normalized spacial score (nSPS) is 16.9. The highest BCUT2D eigenvalue weighted by Gasteiger charge is 2.31. The zero-order chi connectivity index (χ0) is 18.6. The van der Waals surface area contributed by atoms with Crippen LogP contribution in [0.1, 0.15) is 50.7 Å². The van der Waals surface area contributed by atoms with Crippen LogP contribution in [0.4, 0.5) is 0 Å². The molecule has 0 saturated carbocycles. The maximum Gasteiger partial charge on any atom is 0.241 e. The van der Waals surface area contributed by atoms with E-state index in [9.17, 15) is 13.2 Å². The maximum absolute atomic E-state index is 12.9. The quantitative estimate of drug-likeness (QED) is 0.841. The molecule has 2 rings (SSSR count). The molecular weight excluding hydrogens is 336 g/mol. The predicted molar refractivity (Wildman–Crippen MR) is 99.9 cm³/mol. The molecule has 6 heteroatoms. The lowest BCUT2D eigenvalue weighted by Gasteiger charge is -2.31. The Balaban J connectivity index is 2.24. The molecule has 1 aromatic carbocycles. The van der Waals surface area contributed by atoms with Gasteiger partial charge in [-0.15, -0.1) is 0 Å². The molecular formula is C19H30N2O3S. The van der Waals surface area contributed by atoms with Crippen LogP contribution in [0.2, 0.25) is 0 Å². The first kappa shape index (κ1) is 19.9. The monoisotopic (exact) mass is 366 g/mol. The van der Waals surface area contributed by atoms with E-state index >= 15 is 0 Å². The van der Waals surface area contributed by atoms with E-state index in [1.165, 1.54) is 0 Å². The van der Waals surface area contributed by atoms with Crippen molar-refractivity contribution in [3.63, 3.8) is 0 Å². The third-order valence-electron chi connectivity index (χ3n) is 4.59. The van der Waals surface area contributed by atoms with Gasteiger partial charge in [0.15, 0.2) is 0 Å². The Morgan fingerprint density at radius 2 is 1.80 bits per heavy atom. The van der Waals surface area contributed by atoms with Crippen molar-refractivity contribution in [1.29, 1.82) is 0 Å². The van der Waals surface area contributed by atoms with E-state index in [-0.39, 0.29) is 16.7 Å². The zero-order valence-electron chi connectivity index (χ0n) is 15.7. The number of carbonyl (C=O) groups excluding carboxylic acids is 1. The van der Waals surface area contributed by atoms with E-state index in [0.29, 0.717) is 12.0 Å². The minimum Gasteiger partial charge on any atom is -0.341 e. The molecule has 1 saturated heterocycles. The molecule has 140 valence electrons. The van der Waals surface area contributed by atoms with Gasteiger partial charge < -0.3 is 4.90 Å². The molecule has 0 aromatic heterocycles. The molecule has 0 radical (unpaired) electrons. The van der Waals surface area contributed by atoms with Crippen molar-refractivity contribution in [3.8, 4) is 0 Å². The molecule has 5 nitrogen and oxygen atoms in total. The van der Waals surface area contributed by atoms with Crippen molar-refractivity contribution in [1.82, 2.24) is 9.62 Å². The topological polar surface area (TPSA) is 66.5 Å². The number of aryl methyl sites for hydroxylation is 2. The number of likely N-dealkylation sites (tertiary alicyclic amines) is 1. The molecule has 1 atom stereocenters. The average Bonchev–Trinajstić information content (AvgIpc) is 2.53. The van der Waals surface area contributed by atoms with Gasteiger partial charge in [-0.3, -0.25) is 4.79 Å². The Bertz CT molecular complexity index is 707. The molecule has 0 spiro atoms. The van der Waals surface area contributed by atoms with E-state index in [1.807, 2.05) is 26.8 Å². The fraction of sp³-hybridized carbons (Fsp3) is 0.632. The second-order valence-electron chi connectivity index (χ2n) is 7.46. The van der Waals surface area contributed by atoms with Crippen molar-refractivity contribution in [2.24, 2.45) is 5.92 Å². The standard InChI is InChI=1S/C19H30N2O3S/c1-14(2)12-17(19(22)21-10-6-5-7-11-21)20-25(23,24)18-9-8-15(3)13-16(18)4/h8-9,13-14,17,20H,5-7,10-12H2,1-4H3/t17-/m0/s1. The van der Waals surface area contributed by atoms with E-state index in [1.54, 1.807) is 24.0 Å². The number of hydrogen-bond donors (Lipinski definition) is 1. The van der Waals surface area contributed by atoms with Crippen molar-refractivity contribution in [3.05, 3.63) is 29.3 Å². The third-order valence-corrected chi connectivity index (χ3v) is 6.22. The van der Waals surface area contributed by atoms with E-state index in [2.05, 4.69) is 4.72 Å². The smallest absolute Gasteiger partial charge is 0.241 e. The SMILES string of the molecule is Cc1ccc(S(=O)(=O)N[C@@H](CC(C)C)C(=O)N2CCCCC2)c(C)c1. The Kier molecular flexibility index (Phi) is 6.63. The molecule has 1 aliphatic heterocycles. The summed E-state index contributed by atoms with van der Waals surface area (Å²) >= 11 is 0. The van der Waals surface area contributed by atoms with Crippen LogP contribution in [0.5, 0.6) is 0 Å². The predicted octanol–water partition coefficient (Wildman–Crippen LogP) is 3.01. The lowest BCUT2D eigenvalue weighted by Crippen LogP contribution is -2.50. The van der Waals surface area contributed by atoms with Crippen LogP contribution in [0.25, 0.3) is 0 Å². The Labute approximate surface area is 151 Å². The Hall–Kier alpha value is -1.40. The lowest BCUT2D eigenvalue weighted by molar-refractivity contribution is -0.134. The number of nitrogens with one attached hydrogen (secondary N) is 1. The zero-order valence-corrected chi connectivity index (χ0v) is 16.5. The van der Waals surface area contributed by atoms with Gasteiger partial charge >= 0.3 is 0 Å². The minimum absolute atomic E-state index is 0.0956. The minimum atomic E-state index is -3.73. The Morgan fingerprint density at radius 1 is 1.16 bits per heavy atom. The van der Waals surface area contributed by atoms with E-state index in [0.717, 1.165) is 37.9 Å². The molecule has 1 amide bonds. The number of carbonyl (C=O) groups is 1. The van der Waals surface area contributed by atoms with Crippen molar-refractivity contribution < 1.29 is 13.2 Å². The van der Waals surface area contributed by atoms with Gasteiger partial charge in [-0.1, -0.05) is 31.5 Å². The highest BCUT2D eigenvalue weighted by Crippen LogP contribution is 2.19. The summed E-state index contributed by atoms with van der Waals surface area (Å²) in [4.78, 5) is 14.9. The first-order chi connectivity index (χ1) is 11.7. The molecule has 1 aliphatic rings. The highest BCUT2D eigenvalue weighted by atomic mass is 32.2. The average molecular weight is 367 g/mol. The first-order valence-electron chi connectivity index (χ1n) is 9.09. The van der Waals surface area contributed by atoms with Crippen LogP contribution in [-0.4, -0.2) is 38.4 Å². The summed E-state index contributed by atoms with van der Waals surface area (Å²) < 4.78 is 28.4. The van der Waals surface area contributed by atoms with Crippen LogP contribution < -0.4 is 4.72 Å². The molecule has 1 fully saturated rings. The lowest BCUT2D eigenvalue weighted by atomic mass is 10.0. The van der Waals surface area contributed by atoms with Crippen molar-refractivity contribution >= 4 is 15.9 Å². The number of rotatable bonds is 6. The number of nitrogens with zero attached hydrogens (tertiary/aromatic N) is 1. The second-order valence-corrected chi connectivity index (χ2v) is 9.14. The van der Waals surface area contributed by atoms with Gasteiger partial charge in [-0.2, -0.15) is 4.72 Å². The molecule has 0 aliphatic carbocycles. The Morgan fingerprint density at radius 3 is 2.36 bits per heavy atom. The number of piperidine rings is 1. The van der Waals surface area contributed by atoms with Crippen LogP contribution >= 0.6 is 0 Å². The molecule has 0 bridgehead atoms. The summed E-state index contributed by atoms with van der Waals surface area (Å²) in [6.07, 6.45) is 3.61. The maximum atomic E-state index is 12.9. The first-order valence-corrected chi connectivity index (χ1v) is 10.6. The second kappa shape index (κ2) is 8.32. The third kappa shape index (κ3) is 5.28. The molecule has 1 N–H and O–H groups in total. The van der Waals surface area contributed by atoms with Crippen molar-refractivity contribution in [2.45, 2.75) is 64.3 Å². The number of amides is 1. The van der Waals surface area contributed by atoms with Gasteiger partial charge in [-0.05, 0) is 57.1 Å². The fourth-order valence-corrected chi connectivity index (χ4v) is 4.79. The van der Waals surface area contributed by atoms with Gasteiger partial charge in [0.05, 0.1) is 4.90 Å². The number of hydrogen-bond acceptors (Lipinski definition) is 3. The largest absolute Gasteiger partial charge is 0.341 e. The molecule has 1 aromatic rings. The molecule has 0 unspecified atom stereocenters. The van der Waals surface area contributed by atoms with E-state index in [4.69, 9.17) is 0 Å². The highest BCUT2D eigenvalue weighted by molar-refractivity contribution is 7.89. The molecule has 1 heterocycles. The van der Waals surface area contributed by atoms with Gasteiger partial charge in [0.1, 0.15) is 6.04 Å². The van der Waals surface area contributed by atoms with Gasteiger partial charge in [0, 0.05) is 13.1 Å². The van der Waals surface area contributed by atoms with Crippen molar-refractivity contribution in [2.75, 3.05) is 13.1 Å². The van der Waals surface area contributed by atoms with E-state index < -0.39 is 16.1 Å². The summed E-state index contributed by atoms with van der Waals surface area (Å²) in [6.45, 7) is 9.16. The summed E-state index contributed by atoms with van der Waals surface area (Å²) in [5.74, 6) is 0.127. The van der Waals surface area contributed by atoms with Gasteiger partial charge in [0.2, 0.25) is 15.9 Å². The van der Waals surface area contributed by atoms with Gasteiger partial charge in [0.25, 0.3) is 0 Å². The van der Waals surface area contributed by atoms with Crippen LogP contribution in [0, 0.1) is 19.8 Å². The summed E-state index contributed by atoms with van der Waals surface area (Å²) in [6, 6.07) is 4.54. The summed E-state index contributed by atoms with van der Waals surface area (Å²) in [7, 11) is -3.73. The summed E-state index contributed by atoms with van der Waals surface area (Å²) in [5.41, 5.74) is 1.71. The van der Waals surface area contributed by atoms with Crippen LogP contribution in [-0.2, 0) is 14.8 Å². The number of sulfonamides is 1. The van der Waals surface area contributed by atoms with Crippen LogP contribution in [0.15, 0.2) is 23.1 Å². The fourth-order valence-electron chi connectivity index (χ4n) is 3.36. The van der Waals surface area contributed by atoms with Crippen LogP contribution in [0.3, 0.4) is 0 Å². The van der Waals surface area contributed by atoms with Gasteiger partial charge in [-0.25, -0.2) is 8.42 Å². The number of benzene rings is 1. The summed E-state index contributed by atoms with van der Waals surface area (Å²) in [5, 5.41) is 0. The molecule has 25 heavy (non-hydrogen) atoms.